The molecule has 0 aliphatic rings. The molecule has 0 atom stereocenters. The quantitative estimate of drug-likeness (QED) is 0.175. The highest BCUT2D eigenvalue weighted by Crippen LogP contribution is 2.47. The van der Waals surface area contributed by atoms with Gasteiger partial charge < -0.3 is 9.72 Å². The average molecular weight is 540 g/mol. The van der Waals surface area contributed by atoms with Gasteiger partial charge in [-0.3, -0.25) is 0 Å². The third kappa shape index (κ3) is 4.93. The lowest BCUT2D eigenvalue weighted by Crippen LogP contribution is -2.35. The van der Waals surface area contributed by atoms with Crippen molar-refractivity contribution in [2.45, 2.75) is 13.0 Å². The van der Waals surface area contributed by atoms with E-state index < -0.39 is 6.89 Å². The van der Waals surface area contributed by atoms with Crippen LogP contribution >= 0.6 is 6.89 Å². The second kappa shape index (κ2) is 11.7. The van der Waals surface area contributed by atoms with Crippen molar-refractivity contribution in [1.29, 1.82) is 0 Å². The molecule has 1 heterocycles. The van der Waals surface area contributed by atoms with Crippen LogP contribution in [-0.2, 0) is 22.6 Å². The first-order valence-electron chi connectivity index (χ1n) is 13.4. The number of fused-ring (bicyclic) bond motifs is 1. The Morgan fingerprint density at radius 3 is 1.62 bits per heavy atom. The molecular formula is C36H30NO2P. The Labute approximate surface area is 235 Å². The van der Waals surface area contributed by atoms with Crippen LogP contribution in [0.4, 0.5) is 0 Å². The molecule has 6 rings (SSSR count). The highest BCUT2D eigenvalue weighted by atomic mass is 31.2. The van der Waals surface area contributed by atoms with Gasteiger partial charge in [0, 0.05) is 23.5 Å². The van der Waals surface area contributed by atoms with E-state index in [0.717, 1.165) is 43.2 Å². The minimum absolute atomic E-state index is 0.218. The standard InChI is InChI=1S/C36H30NO2P/c38-36(39-27-28-15-5-1-6-16-28)35(25-29-26-37-34-24-14-13-23-33(29)34)40(30-17-7-2-8-18-30,31-19-9-3-10-20-31)32-21-11-4-12-22-32/h1-24,26,37H,25,27H2. The topological polar surface area (TPSA) is 42.1 Å². The Balaban J connectivity index is 1.67. The van der Waals surface area contributed by atoms with Crippen LogP contribution in [0.1, 0.15) is 11.1 Å². The number of aromatic nitrogens is 1. The van der Waals surface area contributed by atoms with Gasteiger partial charge in [-0.1, -0.05) is 140 Å². The minimum atomic E-state index is -2.63. The number of aromatic amines is 1. The summed E-state index contributed by atoms with van der Waals surface area (Å²) in [5.74, 6) is -0.265. The largest absolute Gasteiger partial charge is 0.457 e. The number of para-hydroxylation sites is 1. The molecule has 40 heavy (non-hydrogen) atoms. The van der Waals surface area contributed by atoms with Crippen molar-refractivity contribution in [2.75, 3.05) is 0 Å². The molecule has 0 amide bonds. The van der Waals surface area contributed by atoms with Gasteiger partial charge in [0.2, 0.25) is 0 Å². The fourth-order valence-corrected chi connectivity index (χ4v) is 9.90. The lowest BCUT2D eigenvalue weighted by atomic mass is 10.1. The SMILES string of the molecule is O=C(OCc1ccccc1)C(Cc1c[nH]c2ccccc12)=P(c1ccccc1)(c1ccccc1)c1ccccc1. The zero-order chi connectivity index (χ0) is 27.2. The summed E-state index contributed by atoms with van der Waals surface area (Å²) in [6, 6.07) is 49.6. The number of esters is 1. The summed E-state index contributed by atoms with van der Waals surface area (Å²) in [5, 5.41) is 5.26. The first-order valence-corrected chi connectivity index (χ1v) is 15.2. The van der Waals surface area contributed by atoms with Crippen LogP contribution < -0.4 is 15.9 Å². The lowest BCUT2D eigenvalue weighted by Gasteiger charge is -2.32. The summed E-state index contributed by atoms with van der Waals surface area (Å²) < 4.78 is 6.16. The number of hydrogen-bond acceptors (Lipinski definition) is 2. The van der Waals surface area contributed by atoms with Gasteiger partial charge in [0.15, 0.2) is 0 Å². The molecule has 0 saturated carbocycles. The molecule has 0 spiro atoms. The van der Waals surface area contributed by atoms with Crippen molar-refractivity contribution in [3.05, 3.63) is 163 Å². The van der Waals surface area contributed by atoms with Crippen LogP contribution in [-0.4, -0.2) is 16.2 Å². The van der Waals surface area contributed by atoms with Gasteiger partial charge in [0.25, 0.3) is 0 Å². The fourth-order valence-electron chi connectivity index (χ4n) is 5.46. The van der Waals surface area contributed by atoms with Crippen LogP contribution in [0.15, 0.2) is 152 Å². The van der Waals surface area contributed by atoms with E-state index in [4.69, 9.17) is 4.74 Å². The third-order valence-electron chi connectivity index (χ3n) is 7.32. The number of H-pyrrole nitrogens is 1. The average Bonchev–Trinajstić information content (AvgIpc) is 3.44. The van der Waals surface area contributed by atoms with Crippen molar-refractivity contribution in [1.82, 2.24) is 4.98 Å². The highest BCUT2D eigenvalue weighted by Gasteiger charge is 2.34. The number of carbonyl (C=O) groups is 1. The number of benzene rings is 5. The number of carbonyl (C=O) groups excluding carboxylic acids is 1. The van der Waals surface area contributed by atoms with Gasteiger partial charge in [-0.25, -0.2) is 4.79 Å². The fraction of sp³-hybridized carbons (Fsp3) is 0.0556. The molecule has 0 bridgehead atoms. The summed E-state index contributed by atoms with van der Waals surface area (Å²) in [5.41, 5.74) is 3.09. The van der Waals surface area contributed by atoms with Crippen LogP contribution in [0.3, 0.4) is 0 Å². The molecule has 0 aliphatic heterocycles. The Morgan fingerprint density at radius 2 is 1.07 bits per heavy atom. The molecule has 1 N–H and O–H groups in total. The predicted octanol–water partition coefficient (Wildman–Crippen LogP) is 6.62. The van der Waals surface area contributed by atoms with Gasteiger partial charge in [-0.2, -0.15) is 0 Å². The maximum atomic E-state index is 14.5. The number of rotatable bonds is 8. The molecule has 4 heteroatoms. The van der Waals surface area contributed by atoms with E-state index in [2.05, 4.69) is 89.9 Å². The Bertz CT molecular complexity index is 1670. The number of ether oxygens (including phenoxy) is 1. The maximum Gasteiger partial charge on any atom is 0.335 e. The van der Waals surface area contributed by atoms with Gasteiger partial charge in [0.05, 0.1) is 5.29 Å². The number of hydrogen-bond donors (Lipinski definition) is 1. The Morgan fingerprint density at radius 1 is 0.600 bits per heavy atom. The summed E-state index contributed by atoms with van der Waals surface area (Å²) in [7, 11) is 0. The van der Waals surface area contributed by atoms with E-state index in [1.165, 1.54) is 0 Å². The Hall–Kier alpha value is -4.59. The zero-order valence-corrected chi connectivity index (χ0v) is 23.0. The van der Waals surface area contributed by atoms with Crippen molar-refractivity contribution in [3.63, 3.8) is 0 Å². The second-order valence-corrected chi connectivity index (χ2v) is 13.2. The van der Waals surface area contributed by atoms with Gasteiger partial charge >= 0.3 is 5.97 Å². The second-order valence-electron chi connectivity index (χ2n) is 9.72. The molecule has 196 valence electrons. The van der Waals surface area contributed by atoms with E-state index in [1.807, 2.05) is 66.9 Å². The smallest absolute Gasteiger partial charge is 0.335 e. The molecule has 3 nitrogen and oxygen atoms in total. The van der Waals surface area contributed by atoms with E-state index >= 15 is 0 Å². The van der Waals surface area contributed by atoms with Crippen LogP contribution in [0.25, 0.3) is 10.9 Å². The van der Waals surface area contributed by atoms with Crippen molar-refractivity contribution < 1.29 is 9.53 Å². The molecule has 0 saturated heterocycles. The summed E-state index contributed by atoms with van der Waals surface area (Å²) in [6.45, 7) is -2.41. The van der Waals surface area contributed by atoms with Gasteiger partial charge in [-0.05, 0) is 40.0 Å². The molecule has 0 unspecified atom stereocenters. The third-order valence-corrected chi connectivity index (χ3v) is 11.7. The lowest BCUT2D eigenvalue weighted by molar-refractivity contribution is -0.136. The van der Waals surface area contributed by atoms with Gasteiger partial charge in [0.1, 0.15) is 6.61 Å². The van der Waals surface area contributed by atoms with Gasteiger partial charge in [-0.15, -0.1) is 0 Å². The van der Waals surface area contributed by atoms with Crippen molar-refractivity contribution in [2.24, 2.45) is 0 Å². The molecule has 0 fully saturated rings. The number of nitrogens with one attached hydrogen (secondary N) is 1. The normalized spacial score (nSPS) is 11.3. The van der Waals surface area contributed by atoms with E-state index in [9.17, 15) is 4.79 Å². The summed E-state index contributed by atoms with van der Waals surface area (Å²) in [6.07, 6.45) is 2.49. The monoisotopic (exact) mass is 539 g/mol. The zero-order valence-electron chi connectivity index (χ0n) is 22.1. The first-order chi connectivity index (χ1) is 19.8. The molecular weight excluding hydrogens is 509 g/mol. The van der Waals surface area contributed by atoms with Crippen LogP contribution in [0.5, 0.6) is 0 Å². The van der Waals surface area contributed by atoms with Crippen LogP contribution in [0.2, 0.25) is 0 Å². The minimum Gasteiger partial charge on any atom is -0.457 e. The Kier molecular flexibility index (Phi) is 7.48. The van der Waals surface area contributed by atoms with E-state index in [1.54, 1.807) is 0 Å². The maximum absolute atomic E-state index is 14.5. The summed E-state index contributed by atoms with van der Waals surface area (Å²) in [4.78, 5) is 17.9. The summed E-state index contributed by atoms with van der Waals surface area (Å²) >= 11 is 0. The molecule has 0 aliphatic carbocycles. The first kappa shape index (κ1) is 25.7. The van der Waals surface area contributed by atoms with E-state index in [-0.39, 0.29) is 12.6 Å². The van der Waals surface area contributed by atoms with Crippen molar-refractivity contribution in [3.8, 4) is 0 Å². The van der Waals surface area contributed by atoms with Crippen LogP contribution in [0, 0.1) is 0 Å². The molecule has 1 aromatic heterocycles. The highest BCUT2D eigenvalue weighted by molar-refractivity contribution is 7.96. The predicted molar refractivity (Wildman–Crippen MR) is 168 cm³/mol. The molecule has 5 aromatic carbocycles. The van der Waals surface area contributed by atoms with Crippen molar-refractivity contribution >= 4 is 45.0 Å². The molecule has 6 aromatic rings. The molecule has 0 radical (unpaired) electrons. The van der Waals surface area contributed by atoms with E-state index in [0.29, 0.717) is 6.42 Å².